The number of ketones is 1. The van der Waals surface area contributed by atoms with Crippen molar-refractivity contribution in [2.24, 2.45) is 5.92 Å². The second-order valence-corrected chi connectivity index (χ2v) is 4.12. The van der Waals surface area contributed by atoms with Crippen LogP contribution in [0.4, 0.5) is 8.78 Å². The Morgan fingerprint density at radius 1 is 1.33 bits per heavy atom. The van der Waals surface area contributed by atoms with Crippen LogP contribution in [-0.4, -0.2) is 16.9 Å². The minimum absolute atomic E-state index is 0.0377. The molecule has 0 saturated heterocycles. The van der Waals surface area contributed by atoms with Crippen LogP contribution in [0.3, 0.4) is 0 Å². The summed E-state index contributed by atoms with van der Waals surface area (Å²) < 4.78 is 26.7. The van der Waals surface area contributed by atoms with Crippen LogP contribution < -0.4 is 0 Å². The molecule has 1 N–H and O–H groups in total. The molecule has 0 aromatic heterocycles. The fourth-order valence-electron chi connectivity index (χ4n) is 2.03. The smallest absolute Gasteiger partial charge is 0.311 e. The maximum absolute atomic E-state index is 13.6. The van der Waals surface area contributed by atoms with Crippen molar-refractivity contribution in [2.75, 3.05) is 0 Å². The van der Waals surface area contributed by atoms with Gasteiger partial charge in [-0.25, -0.2) is 8.78 Å². The molecule has 0 amide bonds. The normalized spacial score (nSPS) is 19.6. The Kier molecular flexibility index (Phi) is 3.23. The lowest BCUT2D eigenvalue weighted by Crippen LogP contribution is -2.21. The van der Waals surface area contributed by atoms with Gasteiger partial charge in [-0.3, -0.25) is 9.59 Å². The van der Waals surface area contributed by atoms with E-state index >= 15 is 0 Å². The second kappa shape index (κ2) is 4.68. The van der Waals surface area contributed by atoms with Gasteiger partial charge in [-0.15, -0.1) is 0 Å². The predicted octanol–water partition coefficient (Wildman–Crippen LogP) is 2.41. The van der Waals surface area contributed by atoms with E-state index in [2.05, 4.69) is 0 Å². The summed E-state index contributed by atoms with van der Waals surface area (Å²) >= 11 is 0. The quantitative estimate of drug-likeness (QED) is 0.879. The van der Waals surface area contributed by atoms with Crippen LogP contribution in [0.2, 0.25) is 0 Å². The lowest BCUT2D eigenvalue weighted by Gasteiger charge is -2.20. The molecule has 18 heavy (non-hydrogen) atoms. The molecule has 1 unspecified atom stereocenters. The van der Waals surface area contributed by atoms with Crippen molar-refractivity contribution in [3.05, 3.63) is 41.5 Å². The predicted molar refractivity (Wildman–Crippen MR) is 59.7 cm³/mol. The fraction of sp³-hybridized carbons (Fsp3) is 0.231. The summed E-state index contributed by atoms with van der Waals surface area (Å²) in [5.74, 6) is -3.79. The van der Waals surface area contributed by atoms with Crippen LogP contribution in [0.25, 0.3) is 5.57 Å². The van der Waals surface area contributed by atoms with E-state index in [0.717, 1.165) is 24.3 Å². The average molecular weight is 252 g/mol. The molecule has 0 saturated carbocycles. The summed E-state index contributed by atoms with van der Waals surface area (Å²) in [7, 11) is 0. The highest BCUT2D eigenvalue weighted by atomic mass is 19.1. The number of carboxylic acid groups (broad SMARTS) is 1. The van der Waals surface area contributed by atoms with Crippen LogP contribution >= 0.6 is 0 Å². The Bertz CT molecular complexity index is 549. The summed E-state index contributed by atoms with van der Waals surface area (Å²) in [4.78, 5) is 22.4. The van der Waals surface area contributed by atoms with Crippen molar-refractivity contribution in [3.8, 4) is 0 Å². The first-order chi connectivity index (χ1) is 8.49. The van der Waals surface area contributed by atoms with Gasteiger partial charge in [0.15, 0.2) is 5.78 Å². The first-order valence-electron chi connectivity index (χ1n) is 5.41. The maximum Gasteiger partial charge on any atom is 0.311 e. The Labute approximate surface area is 102 Å². The van der Waals surface area contributed by atoms with Gasteiger partial charge in [0.25, 0.3) is 0 Å². The van der Waals surface area contributed by atoms with Crippen molar-refractivity contribution in [3.63, 3.8) is 0 Å². The monoisotopic (exact) mass is 252 g/mol. The number of carbonyl (C=O) groups is 2. The lowest BCUT2D eigenvalue weighted by atomic mass is 9.83. The lowest BCUT2D eigenvalue weighted by molar-refractivity contribution is -0.140. The molecule has 1 atom stereocenters. The highest BCUT2D eigenvalue weighted by Crippen LogP contribution is 2.33. The first-order valence-corrected chi connectivity index (χ1v) is 5.41. The third-order valence-corrected chi connectivity index (χ3v) is 2.91. The number of allylic oxidation sites excluding steroid dienone is 1. The van der Waals surface area contributed by atoms with Gasteiger partial charge in [-0.1, -0.05) is 0 Å². The van der Waals surface area contributed by atoms with Crippen LogP contribution in [-0.2, 0) is 9.59 Å². The van der Waals surface area contributed by atoms with Gasteiger partial charge >= 0.3 is 5.97 Å². The molecule has 0 fully saturated rings. The fourth-order valence-corrected chi connectivity index (χ4v) is 2.03. The minimum atomic E-state index is -1.14. The Hall–Kier alpha value is -2.04. The highest BCUT2D eigenvalue weighted by molar-refractivity contribution is 6.03. The highest BCUT2D eigenvalue weighted by Gasteiger charge is 2.30. The minimum Gasteiger partial charge on any atom is -0.481 e. The number of hydrogen-bond acceptors (Lipinski definition) is 2. The third-order valence-electron chi connectivity index (χ3n) is 2.91. The molecule has 94 valence electrons. The van der Waals surface area contributed by atoms with E-state index in [-0.39, 0.29) is 29.8 Å². The van der Waals surface area contributed by atoms with Crippen molar-refractivity contribution in [1.82, 2.24) is 0 Å². The van der Waals surface area contributed by atoms with Gasteiger partial charge < -0.3 is 5.11 Å². The number of halogens is 2. The third kappa shape index (κ3) is 2.30. The Balaban J connectivity index is 2.54. The number of benzene rings is 1. The zero-order chi connectivity index (χ0) is 13.3. The number of carbonyl (C=O) groups excluding carboxylic acids is 1. The number of aliphatic carboxylic acids is 1. The van der Waals surface area contributed by atoms with Gasteiger partial charge in [-0.2, -0.15) is 0 Å². The van der Waals surface area contributed by atoms with E-state index in [1.54, 1.807) is 0 Å². The molecule has 2 rings (SSSR count). The van der Waals surface area contributed by atoms with Crippen molar-refractivity contribution >= 4 is 17.3 Å². The summed E-state index contributed by atoms with van der Waals surface area (Å²) in [6, 6.07) is 2.78. The maximum atomic E-state index is 13.6. The zero-order valence-electron chi connectivity index (χ0n) is 9.32. The van der Waals surface area contributed by atoms with Crippen molar-refractivity contribution in [1.29, 1.82) is 0 Å². The SMILES string of the molecule is O=C1C=C(c2cc(F)ccc2F)C(C(=O)O)CC1. The summed E-state index contributed by atoms with van der Waals surface area (Å²) in [5, 5.41) is 9.05. The molecule has 1 aliphatic carbocycles. The largest absolute Gasteiger partial charge is 0.481 e. The zero-order valence-corrected chi connectivity index (χ0v) is 9.32. The molecule has 1 aliphatic rings. The van der Waals surface area contributed by atoms with Gasteiger partial charge in [0.2, 0.25) is 0 Å². The summed E-state index contributed by atoms with van der Waals surface area (Å²) in [6.45, 7) is 0. The molecule has 3 nitrogen and oxygen atoms in total. The summed E-state index contributed by atoms with van der Waals surface area (Å²) in [6.07, 6.45) is 1.31. The molecular weight excluding hydrogens is 242 g/mol. The standard InChI is InChI=1S/C13H10F2O3/c14-7-1-4-12(15)11(5-7)10-6-8(16)2-3-9(10)13(17)18/h1,4-6,9H,2-3H2,(H,17,18). The van der Waals surface area contributed by atoms with Crippen LogP contribution in [0.15, 0.2) is 24.3 Å². The number of carboxylic acids is 1. The van der Waals surface area contributed by atoms with Crippen LogP contribution in [0.1, 0.15) is 18.4 Å². The van der Waals surface area contributed by atoms with Crippen molar-refractivity contribution < 1.29 is 23.5 Å². The molecule has 1 aromatic rings. The van der Waals surface area contributed by atoms with Gasteiger partial charge in [-0.05, 0) is 36.3 Å². The molecule has 0 aliphatic heterocycles. The molecule has 0 radical (unpaired) electrons. The van der Waals surface area contributed by atoms with Crippen LogP contribution in [0, 0.1) is 17.6 Å². The van der Waals surface area contributed by atoms with E-state index in [4.69, 9.17) is 5.11 Å². The number of hydrogen-bond donors (Lipinski definition) is 1. The average Bonchev–Trinajstić information content (AvgIpc) is 2.31. The topological polar surface area (TPSA) is 54.4 Å². The van der Waals surface area contributed by atoms with E-state index in [1.807, 2.05) is 0 Å². The Morgan fingerprint density at radius 2 is 2.06 bits per heavy atom. The molecule has 0 spiro atoms. The van der Waals surface area contributed by atoms with Gasteiger partial charge in [0, 0.05) is 12.0 Å². The summed E-state index contributed by atoms with van der Waals surface area (Å²) in [5.41, 5.74) is -0.119. The van der Waals surface area contributed by atoms with E-state index in [0.29, 0.717) is 0 Å². The van der Waals surface area contributed by atoms with E-state index in [1.165, 1.54) is 0 Å². The molecule has 1 aromatic carbocycles. The molecular formula is C13H10F2O3. The van der Waals surface area contributed by atoms with Crippen LogP contribution in [0.5, 0.6) is 0 Å². The number of rotatable bonds is 2. The van der Waals surface area contributed by atoms with E-state index < -0.39 is 23.5 Å². The van der Waals surface area contributed by atoms with E-state index in [9.17, 15) is 18.4 Å². The molecule has 0 bridgehead atoms. The molecule has 5 heteroatoms. The van der Waals surface area contributed by atoms with Gasteiger partial charge in [0.1, 0.15) is 11.6 Å². The Morgan fingerprint density at radius 3 is 2.72 bits per heavy atom. The molecule has 0 heterocycles. The van der Waals surface area contributed by atoms with Gasteiger partial charge in [0.05, 0.1) is 5.92 Å². The van der Waals surface area contributed by atoms with Crippen molar-refractivity contribution in [2.45, 2.75) is 12.8 Å². The first kappa shape index (κ1) is 12.4. The second-order valence-electron chi connectivity index (χ2n) is 4.12.